The van der Waals surface area contributed by atoms with Gasteiger partial charge in [-0.05, 0) is 6.42 Å². The Hall–Kier alpha value is -0.600. The zero-order chi connectivity index (χ0) is 11.2. The van der Waals surface area contributed by atoms with Crippen molar-refractivity contribution in [1.82, 2.24) is 0 Å². The van der Waals surface area contributed by atoms with Gasteiger partial charge in [0.2, 0.25) is 7.37 Å². The molecule has 0 aromatic heterocycles. The Bertz CT molecular complexity index is 260. The maximum atomic E-state index is 11.4. The Labute approximate surface area is 84.1 Å². The summed E-state index contributed by atoms with van der Waals surface area (Å²) in [6.07, 6.45) is 2.42. The van der Waals surface area contributed by atoms with Gasteiger partial charge in [-0.3, -0.25) is 4.57 Å². The molecular formula is C9H17O4P. The first-order chi connectivity index (χ1) is 6.39. The van der Waals surface area contributed by atoms with Crippen molar-refractivity contribution in [1.29, 1.82) is 0 Å². The minimum atomic E-state index is -3.31. The van der Waals surface area contributed by atoms with E-state index in [9.17, 15) is 14.3 Å². The van der Waals surface area contributed by atoms with Crippen molar-refractivity contribution in [3.05, 3.63) is 12.2 Å². The SMILES string of the molecule is C=C(CP(=O)(O)CCCCC)C(=O)O. The topological polar surface area (TPSA) is 74.6 Å². The fourth-order valence-electron chi connectivity index (χ4n) is 1.05. The van der Waals surface area contributed by atoms with E-state index in [1.807, 2.05) is 6.92 Å². The highest BCUT2D eigenvalue weighted by atomic mass is 31.2. The first kappa shape index (κ1) is 13.4. The molecule has 0 rings (SSSR count). The van der Waals surface area contributed by atoms with Crippen LogP contribution in [0.4, 0.5) is 0 Å². The Morgan fingerprint density at radius 3 is 2.43 bits per heavy atom. The van der Waals surface area contributed by atoms with Gasteiger partial charge in [0.1, 0.15) is 0 Å². The van der Waals surface area contributed by atoms with Crippen LogP contribution in [0.5, 0.6) is 0 Å². The summed E-state index contributed by atoms with van der Waals surface area (Å²) in [5.41, 5.74) is -0.188. The third kappa shape index (κ3) is 5.95. The van der Waals surface area contributed by atoms with Crippen molar-refractivity contribution in [2.75, 3.05) is 12.3 Å². The molecule has 5 heteroatoms. The molecule has 0 amide bonds. The van der Waals surface area contributed by atoms with Crippen molar-refractivity contribution in [2.24, 2.45) is 0 Å². The van der Waals surface area contributed by atoms with E-state index in [4.69, 9.17) is 5.11 Å². The fourth-order valence-corrected chi connectivity index (χ4v) is 2.66. The van der Waals surface area contributed by atoms with Crippen LogP contribution in [-0.4, -0.2) is 28.3 Å². The fraction of sp³-hybridized carbons (Fsp3) is 0.667. The summed E-state index contributed by atoms with van der Waals surface area (Å²) in [5, 5.41) is 8.49. The summed E-state index contributed by atoms with van der Waals surface area (Å²) in [6.45, 7) is 5.23. The van der Waals surface area contributed by atoms with Gasteiger partial charge in [-0.1, -0.05) is 26.3 Å². The molecule has 0 bridgehead atoms. The van der Waals surface area contributed by atoms with E-state index < -0.39 is 13.3 Å². The maximum Gasteiger partial charge on any atom is 0.331 e. The van der Waals surface area contributed by atoms with E-state index in [0.717, 1.165) is 12.8 Å². The third-order valence-electron chi connectivity index (χ3n) is 1.85. The van der Waals surface area contributed by atoms with Gasteiger partial charge in [-0.2, -0.15) is 0 Å². The molecule has 82 valence electrons. The van der Waals surface area contributed by atoms with Gasteiger partial charge in [0, 0.05) is 11.7 Å². The Morgan fingerprint density at radius 1 is 1.43 bits per heavy atom. The standard InChI is InChI=1S/C9H17O4P/c1-3-4-5-6-14(12,13)7-8(2)9(10)11/h2-7H2,1H3,(H,10,11)(H,12,13). The highest BCUT2D eigenvalue weighted by Gasteiger charge is 2.21. The van der Waals surface area contributed by atoms with Gasteiger partial charge in [0.15, 0.2) is 0 Å². The average Bonchev–Trinajstić information content (AvgIpc) is 2.03. The van der Waals surface area contributed by atoms with Crippen molar-refractivity contribution in [3.8, 4) is 0 Å². The number of aliphatic carboxylic acids is 1. The number of carbonyl (C=O) groups is 1. The third-order valence-corrected chi connectivity index (χ3v) is 3.74. The van der Waals surface area contributed by atoms with E-state index in [1.165, 1.54) is 0 Å². The molecular weight excluding hydrogens is 203 g/mol. The van der Waals surface area contributed by atoms with Gasteiger partial charge >= 0.3 is 5.97 Å². The molecule has 0 aromatic rings. The summed E-state index contributed by atoms with van der Waals surface area (Å²) >= 11 is 0. The predicted molar refractivity (Wildman–Crippen MR) is 55.9 cm³/mol. The molecule has 0 aliphatic carbocycles. The monoisotopic (exact) mass is 220 g/mol. The predicted octanol–water partition coefficient (Wildman–Crippen LogP) is 2.09. The minimum Gasteiger partial charge on any atom is -0.478 e. The van der Waals surface area contributed by atoms with Crippen LogP contribution in [0.25, 0.3) is 0 Å². The van der Waals surface area contributed by atoms with Crippen molar-refractivity contribution >= 4 is 13.3 Å². The highest BCUT2D eigenvalue weighted by molar-refractivity contribution is 7.58. The summed E-state index contributed by atoms with van der Waals surface area (Å²) in [6, 6.07) is 0. The number of unbranched alkanes of at least 4 members (excludes halogenated alkanes) is 2. The highest BCUT2D eigenvalue weighted by Crippen LogP contribution is 2.43. The van der Waals surface area contributed by atoms with Crippen LogP contribution in [0.2, 0.25) is 0 Å². The second-order valence-corrected chi connectivity index (χ2v) is 5.80. The number of hydrogen-bond donors (Lipinski definition) is 2. The van der Waals surface area contributed by atoms with E-state index in [-0.39, 0.29) is 17.9 Å². The first-order valence-electron chi connectivity index (χ1n) is 4.61. The molecule has 0 aromatic carbocycles. The molecule has 0 aliphatic heterocycles. The average molecular weight is 220 g/mol. The smallest absolute Gasteiger partial charge is 0.331 e. The summed E-state index contributed by atoms with van der Waals surface area (Å²) in [4.78, 5) is 19.8. The molecule has 1 atom stereocenters. The zero-order valence-electron chi connectivity index (χ0n) is 8.40. The molecule has 0 saturated carbocycles. The molecule has 0 radical (unpaired) electrons. The molecule has 0 fully saturated rings. The molecule has 4 nitrogen and oxygen atoms in total. The summed E-state index contributed by atoms with van der Waals surface area (Å²) in [7, 11) is -3.31. The normalized spacial score (nSPS) is 14.7. The second kappa shape index (κ2) is 5.99. The largest absolute Gasteiger partial charge is 0.478 e. The van der Waals surface area contributed by atoms with Crippen molar-refractivity contribution < 1.29 is 19.4 Å². The van der Waals surface area contributed by atoms with Gasteiger partial charge < -0.3 is 10.00 Å². The molecule has 1 unspecified atom stereocenters. The van der Waals surface area contributed by atoms with Crippen LogP contribution in [0.1, 0.15) is 26.2 Å². The molecule has 0 heterocycles. The van der Waals surface area contributed by atoms with Crippen LogP contribution in [0.3, 0.4) is 0 Å². The maximum absolute atomic E-state index is 11.4. The summed E-state index contributed by atoms with van der Waals surface area (Å²) in [5.74, 6) is -1.20. The Kier molecular flexibility index (Phi) is 5.73. The lowest BCUT2D eigenvalue weighted by Crippen LogP contribution is -2.06. The molecule has 0 spiro atoms. The number of carboxylic acid groups (broad SMARTS) is 1. The molecule has 0 saturated heterocycles. The Balaban J connectivity index is 4.01. The van der Waals surface area contributed by atoms with Gasteiger partial charge in [-0.25, -0.2) is 4.79 Å². The van der Waals surface area contributed by atoms with Gasteiger partial charge in [-0.15, -0.1) is 0 Å². The van der Waals surface area contributed by atoms with E-state index in [2.05, 4.69) is 6.58 Å². The lowest BCUT2D eigenvalue weighted by Gasteiger charge is -2.10. The zero-order valence-corrected chi connectivity index (χ0v) is 9.30. The van der Waals surface area contributed by atoms with Crippen LogP contribution in [-0.2, 0) is 9.36 Å². The summed E-state index contributed by atoms with van der Waals surface area (Å²) < 4.78 is 11.4. The molecule has 14 heavy (non-hydrogen) atoms. The van der Waals surface area contributed by atoms with Gasteiger partial charge in [0.05, 0.1) is 6.16 Å². The van der Waals surface area contributed by atoms with Crippen molar-refractivity contribution in [2.45, 2.75) is 26.2 Å². The van der Waals surface area contributed by atoms with Gasteiger partial charge in [0.25, 0.3) is 0 Å². The van der Waals surface area contributed by atoms with Crippen LogP contribution < -0.4 is 0 Å². The quantitative estimate of drug-likeness (QED) is 0.391. The second-order valence-electron chi connectivity index (χ2n) is 3.34. The lowest BCUT2D eigenvalue weighted by atomic mass is 10.3. The molecule has 0 aliphatic rings. The van der Waals surface area contributed by atoms with Crippen molar-refractivity contribution in [3.63, 3.8) is 0 Å². The van der Waals surface area contributed by atoms with Crippen LogP contribution in [0.15, 0.2) is 12.2 Å². The number of hydrogen-bond acceptors (Lipinski definition) is 2. The lowest BCUT2D eigenvalue weighted by molar-refractivity contribution is -0.132. The number of rotatable bonds is 7. The van der Waals surface area contributed by atoms with E-state index in [1.54, 1.807) is 0 Å². The number of carboxylic acids is 1. The van der Waals surface area contributed by atoms with E-state index >= 15 is 0 Å². The van der Waals surface area contributed by atoms with E-state index in [0.29, 0.717) is 6.42 Å². The Morgan fingerprint density at radius 2 is 2.00 bits per heavy atom. The first-order valence-corrected chi connectivity index (χ1v) is 6.64. The minimum absolute atomic E-state index is 0.188. The van der Waals surface area contributed by atoms with Crippen LogP contribution >= 0.6 is 7.37 Å². The van der Waals surface area contributed by atoms with Crippen LogP contribution in [0, 0.1) is 0 Å². The molecule has 2 N–H and O–H groups in total.